The molecule has 0 aromatic heterocycles. The number of fused-ring (bicyclic) bond motifs is 4. The van der Waals surface area contributed by atoms with Gasteiger partial charge in [0.15, 0.2) is 0 Å². The third kappa shape index (κ3) is 5.72. The Balaban J connectivity index is 1.12. The van der Waals surface area contributed by atoms with Gasteiger partial charge in [0.1, 0.15) is 0 Å². The highest BCUT2D eigenvalue weighted by Crippen LogP contribution is 2.53. The van der Waals surface area contributed by atoms with E-state index in [0.29, 0.717) is 0 Å². The van der Waals surface area contributed by atoms with Crippen molar-refractivity contribution in [2.45, 2.75) is 19.3 Å². The maximum atomic E-state index is 2.42. The van der Waals surface area contributed by atoms with Gasteiger partial charge >= 0.3 is 0 Å². The van der Waals surface area contributed by atoms with E-state index < -0.39 is 0 Å². The maximum Gasteiger partial charge on any atom is 0.0468 e. The van der Waals surface area contributed by atoms with Gasteiger partial charge in [0, 0.05) is 22.5 Å². The van der Waals surface area contributed by atoms with Crippen LogP contribution in [-0.4, -0.2) is 0 Å². The van der Waals surface area contributed by atoms with Crippen molar-refractivity contribution in [2.24, 2.45) is 0 Å². The maximum absolute atomic E-state index is 2.42. The molecule has 0 amide bonds. The highest BCUT2D eigenvalue weighted by Gasteiger charge is 2.37. The van der Waals surface area contributed by atoms with Gasteiger partial charge in [0.2, 0.25) is 0 Å². The summed E-state index contributed by atoms with van der Waals surface area (Å²) in [6.07, 6.45) is 0. The second-order valence-corrected chi connectivity index (χ2v) is 15.3. The van der Waals surface area contributed by atoms with Crippen LogP contribution in [0.25, 0.3) is 66.4 Å². The number of benzene rings is 9. The monoisotopic (exact) mass is 715 g/mol. The van der Waals surface area contributed by atoms with Crippen LogP contribution in [0.4, 0.5) is 17.1 Å². The van der Waals surface area contributed by atoms with E-state index in [1.165, 1.54) is 77.5 Å². The molecule has 0 aliphatic heterocycles. The summed E-state index contributed by atoms with van der Waals surface area (Å²) in [6.45, 7) is 4.73. The number of nitrogens with zero attached hydrogens (tertiary/aromatic N) is 1. The highest BCUT2D eigenvalue weighted by atomic mass is 15.1. The Morgan fingerprint density at radius 1 is 0.321 bits per heavy atom. The summed E-state index contributed by atoms with van der Waals surface area (Å²) in [6, 6.07) is 77.5. The fraction of sp³-hybridized carbons (Fsp3) is 0.0545. The Labute approximate surface area is 329 Å². The summed E-state index contributed by atoms with van der Waals surface area (Å²) < 4.78 is 0. The predicted molar refractivity (Wildman–Crippen MR) is 238 cm³/mol. The van der Waals surface area contributed by atoms with E-state index in [1.54, 1.807) is 0 Å². The average Bonchev–Trinajstić information content (AvgIpc) is 3.50. The quantitative estimate of drug-likeness (QED) is 0.159. The fourth-order valence-corrected chi connectivity index (χ4v) is 8.90. The number of rotatable bonds is 7. The second-order valence-electron chi connectivity index (χ2n) is 15.3. The van der Waals surface area contributed by atoms with Crippen LogP contribution in [0.15, 0.2) is 212 Å². The molecule has 1 aliphatic rings. The molecule has 0 N–H and O–H groups in total. The molecule has 1 heteroatoms. The Morgan fingerprint density at radius 2 is 0.768 bits per heavy atom. The first-order valence-corrected chi connectivity index (χ1v) is 19.5. The van der Waals surface area contributed by atoms with E-state index in [9.17, 15) is 0 Å². The van der Waals surface area contributed by atoms with Crippen molar-refractivity contribution in [1.82, 2.24) is 0 Å². The summed E-state index contributed by atoms with van der Waals surface area (Å²) in [5.74, 6) is 0. The van der Waals surface area contributed by atoms with Gasteiger partial charge in [-0.1, -0.05) is 190 Å². The molecule has 56 heavy (non-hydrogen) atoms. The molecule has 1 aliphatic carbocycles. The summed E-state index contributed by atoms with van der Waals surface area (Å²) >= 11 is 0. The number of anilines is 3. The van der Waals surface area contributed by atoms with E-state index in [4.69, 9.17) is 0 Å². The van der Waals surface area contributed by atoms with Crippen molar-refractivity contribution in [3.05, 3.63) is 223 Å². The normalized spacial score (nSPS) is 12.6. The lowest BCUT2D eigenvalue weighted by Gasteiger charge is -2.27. The van der Waals surface area contributed by atoms with Crippen LogP contribution in [0, 0.1) is 0 Å². The third-order valence-corrected chi connectivity index (χ3v) is 11.7. The summed E-state index contributed by atoms with van der Waals surface area (Å²) in [5.41, 5.74) is 18.4. The van der Waals surface area contributed by atoms with Gasteiger partial charge in [-0.2, -0.15) is 0 Å². The van der Waals surface area contributed by atoms with Crippen molar-refractivity contribution in [2.75, 3.05) is 4.90 Å². The first-order valence-electron chi connectivity index (χ1n) is 19.5. The Morgan fingerprint density at radius 3 is 1.36 bits per heavy atom. The third-order valence-electron chi connectivity index (χ3n) is 11.7. The van der Waals surface area contributed by atoms with Crippen molar-refractivity contribution < 1.29 is 0 Å². The number of hydrogen-bond acceptors (Lipinski definition) is 1. The topological polar surface area (TPSA) is 3.24 Å². The molecule has 10 rings (SSSR count). The number of hydrogen-bond donors (Lipinski definition) is 0. The van der Waals surface area contributed by atoms with Crippen molar-refractivity contribution in [3.8, 4) is 55.6 Å². The molecule has 0 saturated heterocycles. The lowest BCUT2D eigenvalue weighted by atomic mass is 9.82. The van der Waals surface area contributed by atoms with Gasteiger partial charge in [0.05, 0.1) is 0 Å². The largest absolute Gasteiger partial charge is 0.310 e. The van der Waals surface area contributed by atoms with Crippen LogP contribution < -0.4 is 4.90 Å². The molecule has 1 nitrogen and oxygen atoms in total. The fourth-order valence-electron chi connectivity index (χ4n) is 8.90. The molecular weight excluding hydrogens is 675 g/mol. The summed E-state index contributed by atoms with van der Waals surface area (Å²) in [5, 5.41) is 2.51. The lowest BCUT2D eigenvalue weighted by Crippen LogP contribution is -2.15. The minimum Gasteiger partial charge on any atom is -0.310 e. The zero-order valence-corrected chi connectivity index (χ0v) is 31.7. The average molecular weight is 716 g/mol. The molecule has 0 heterocycles. The smallest absolute Gasteiger partial charge is 0.0468 e. The first-order chi connectivity index (χ1) is 27.5. The molecule has 266 valence electrons. The van der Waals surface area contributed by atoms with Crippen LogP contribution in [0.3, 0.4) is 0 Å². The van der Waals surface area contributed by atoms with Crippen LogP contribution in [-0.2, 0) is 5.41 Å². The first kappa shape index (κ1) is 33.6. The van der Waals surface area contributed by atoms with Gasteiger partial charge in [-0.3, -0.25) is 0 Å². The van der Waals surface area contributed by atoms with Crippen molar-refractivity contribution in [3.63, 3.8) is 0 Å². The van der Waals surface area contributed by atoms with Crippen LogP contribution >= 0.6 is 0 Å². The van der Waals surface area contributed by atoms with E-state index >= 15 is 0 Å². The van der Waals surface area contributed by atoms with E-state index in [-0.39, 0.29) is 5.41 Å². The second kappa shape index (κ2) is 13.7. The van der Waals surface area contributed by atoms with Gasteiger partial charge in [-0.25, -0.2) is 0 Å². The molecule has 0 spiro atoms. The Bertz CT molecular complexity index is 2830. The summed E-state index contributed by atoms with van der Waals surface area (Å²) in [7, 11) is 0. The van der Waals surface area contributed by atoms with Gasteiger partial charge in [0.25, 0.3) is 0 Å². The molecule has 0 bridgehead atoms. The van der Waals surface area contributed by atoms with Crippen LogP contribution in [0.1, 0.15) is 25.0 Å². The molecule has 9 aromatic carbocycles. The molecule has 0 radical (unpaired) electrons. The van der Waals surface area contributed by atoms with Gasteiger partial charge in [-0.15, -0.1) is 0 Å². The molecule has 0 atom stereocenters. The molecular formula is C55H41N. The molecule has 0 fully saturated rings. The Hall–Kier alpha value is -6.96. The van der Waals surface area contributed by atoms with Crippen molar-refractivity contribution >= 4 is 27.8 Å². The zero-order chi connectivity index (χ0) is 37.6. The zero-order valence-electron chi connectivity index (χ0n) is 31.7. The van der Waals surface area contributed by atoms with Gasteiger partial charge < -0.3 is 4.90 Å². The lowest BCUT2D eigenvalue weighted by molar-refractivity contribution is 0.660. The SMILES string of the molecule is CC1(C)c2ccc(N(c3ccc(-c4ccccc4)cc3)c3ccc(-c4cccc5cccc(-c6ccccc6)c45)cc3)cc2-c2c(-c3ccccc3)cccc21. The van der Waals surface area contributed by atoms with E-state index in [1.807, 2.05) is 0 Å². The van der Waals surface area contributed by atoms with E-state index in [2.05, 4.69) is 231 Å². The minimum atomic E-state index is -0.116. The Kier molecular flexibility index (Phi) is 8.23. The highest BCUT2D eigenvalue weighted by molar-refractivity contribution is 6.06. The van der Waals surface area contributed by atoms with E-state index in [0.717, 1.165) is 17.1 Å². The standard InChI is InChI=1S/C55H41N/c1-55(2)51-36-35-46(37-50(51)54-49(25-14-26-52(54)55)41-19-10-5-11-20-41)56(44-31-27-39(28-32-44)38-15-6-3-7-16-38)45-33-29-42(30-34-45)48-24-13-22-43-21-12-23-47(53(43)48)40-17-8-4-9-18-40/h3-37H,1-2H3. The minimum absolute atomic E-state index is 0.116. The summed E-state index contributed by atoms with van der Waals surface area (Å²) in [4.78, 5) is 2.41. The molecule has 0 unspecified atom stereocenters. The molecule has 9 aromatic rings. The van der Waals surface area contributed by atoms with Gasteiger partial charge in [-0.05, 0) is 114 Å². The van der Waals surface area contributed by atoms with Crippen LogP contribution in [0.5, 0.6) is 0 Å². The molecule has 0 saturated carbocycles. The predicted octanol–water partition coefficient (Wildman–Crippen LogP) is 15.3. The van der Waals surface area contributed by atoms with Crippen LogP contribution in [0.2, 0.25) is 0 Å². The van der Waals surface area contributed by atoms with Crippen molar-refractivity contribution in [1.29, 1.82) is 0 Å².